The summed E-state index contributed by atoms with van der Waals surface area (Å²) in [5.41, 5.74) is 6.17. The first-order chi connectivity index (χ1) is 15.7. The highest BCUT2D eigenvalue weighted by atomic mass is 16.5. The summed E-state index contributed by atoms with van der Waals surface area (Å²) in [5, 5.41) is 0. The Morgan fingerprint density at radius 1 is 0.375 bits per heavy atom. The number of benzene rings is 4. The lowest BCUT2D eigenvalue weighted by molar-refractivity contribution is 0.414. The molecule has 0 spiro atoms. The van der Waals surface area contributed by atoms with Crippen LogP contribution in [0.3, 0.4) is 0 Å². The van der Waals surface area contributed by atoms with Crippen LogP contribution in [0.25, 0.3) is 11.1 Å². The van der Waals surface area contributed by atoms with Gasteiger partial charge in [0.25, 0.3) is 0 Å². The zero-order chi connectivity index (χ0) is 22.2. The third kappa shape index (κ3) is 5.39. The summed E-state index contributed by atoms with van der Waals surface area (Å²) in [6, 6.07) is 32.0. The standard InChI is InChI=1S/C30H22O2/c1-31-29-19-11-25(12-20-29)5-3-23-7-15-27(16-8-23)28-17-9-24(10-18-28)4-6-26-13-21-30(32-2)22-14-26/h7-22H,1-2H3. The van der Waals surface area contributed by atoms with E-state index in [0.29, 0.717) is 0 Å². The normalized spacial score (nSPS) is 9.69. The highest BCUT2D eigenvalue weighted by Crippen LogP contribution is 2.20. The predicted molar refractivity (Wildman–Crippen MR) is 130 cm³/mol. The smallest absolute Gasteiger partial charge is 0.118 e. The molecule has 0 radical (unpaired) electrons. The number of ether oxygens (including phenoxy) is 2. The summed E-state index contributed by atoms with van der Waals surface area (Å²) < 4.78 is 10.4. The van der Waals surface area contributed by atoms with Gasteiger partial charge in [-0.1, -0.05) is 47.9 Å². The Hall–Kier alpha value is -4.40. The second kappa shape index (κ2) is 10.1. The Morgan fingerprint density at radius 3 is 0.875 bits per heavy atom. The summed E-state index contributed by atoms with van der Waals surface area (Å²) in [6.07, 6.45) is 0. The zero-order valence-electron chi connectivity index (χ0n) is 18.1. The van der Waals surface area contributed by atoms with Crippen molar-refractivity contribution in [1.82, 2.24) is 0 Å². The molecule has 0 aliphatic carbocycles. The fraction of sp³-hybridized carbons (Fsp3) is 0.0667. The van der Waals surface area contributed by atoms with E-state index in [4.69, 9.17) is 9.47 Å². The Morgan fingerprint density at radius 2 is 0.625 bits per heavy atom. The van der Waals surface area contributed by atoms with Crippen molar-refractivity contribution in [2.45, 2.75) is 0 Å². The largest absolute Gasteiger partial charge is 0.497 e. The molecule has 2 heteroatoms. The molecule has 0 fully saturated rings. The minimum absolute atomic E-state index is 0.831. The van der Waals surface area contributed by atoms with Gasteiger partial charge in [0.1, 0.15) is 11.5 Å². The van der Waals surface area contributed by atoms with Gasteiger partial charge in [-0.3, -0.25) is 0 Å². The summed E-state index contributed by atoms with van der Waals surface area (Å²) in [6.45, 7) is 0. The molecular weight excluding hydrogens is 392 g/mol. The summed E-state index contributed by atoms with van der Waals surface area (Å²) >= 11 is 0. The fourth-order valence-electron chi connectivity index (χ4n) is 3.13. The van der Waals surface area contributed by atoms with Crippen LogP contribution in [0.1, 0.15) is 22.3 Å². The van der Waals surface area contributed by atoms with E-state index < -0.39 is 0 Å². The molecule has 0 bridgehead atoms. The predicted octanol–water partition coefficient (Wildman–Crippen LogP) is 6.17. The summed E-state index contributed by atoms with van der Waals surface area (Å²) in [4.78, 5) is 0. The average Bonchev–Trinajstić information content (AvgIpc) is 2.87. The molecule has 4 aromatic rings. The fourth-order valence-corrected chi connectivity index (χ4v) is 3.13. The Kier molecular flexibility index (Phi) is 6.57. The maximum Gasteiger partial charge on any atom is 0.118 e. The second-order valence-electron chi connectivity index (χ2n) is 7.11. The molecule has 0 amide bonds. The van der Waals surface area contributed by atoms with Gasteiger partial charge in [0, 0.05) is 22.3 Å². The lowest BCUT2D eigenvalue weighted by atomic mass is 10.0. The topological polar surface area (TPSA) is 18.5 Å². The molecule has 0 aliphatic heterocycles. The van der Waals surface area contributed by atoms with Crippen molar-refractivity contribution in [3.8, 4) is 46.3 Å². The van der Waals surface area contributed by atoms with Crippen molar-refractivity contribution >= 4 is 0 Å². The van der Waals surface area contributed by atoms with Crippen LogP contribution in [0.15, 0.2) is 97.1 Å². The highest BCUT2D eigenvalue weighted by molar-refractivity contribution is 5.65. The van der Waals surface area contributed by atoms with E-state index in [2.05, 4.69) is 47.9 Å². The number of hydrogen-bond donors (Lipinski definition) is 0. The van der Waals surface area contributed by atoms with Crippen molar-refractivity contribution in [2.75, 3.05) is 14.2 Å². The van der Waals surface area contributed by atoms with Crippen molar-refractivity contribution in [2.24, 2.45) is 0 Å². The third-order valence-electron chi connectivity index (χ3n) is 4.99. The van der Waals surface area contributed by atoms with Gasteiger partial charge in [0.05, 0.1) is 14.2 Å². The van der Waals surface area contributed by atoms with Crippen LogP contribution in [0.5, 0.6) is 11.5 Å². The SMILES string of the molecule is COc1ccc(C#Cc2ccc(-c3ccc(C#Cc4ccc(OC)cc4)cc3)cc2)cc1. The molecule has 0 unspecified atom stereocenters. The van der Waals surface area contributed by atoms with Gasteiger partial charge in [0.15, 0.2) is 0 Å². The molecule has 0 atom stereocenters. The van der Waals surface area contributed by atoms with Gasteiger partial charge >= 0.3 is 0 Å². The van der Waals surface area contributed by atoms with Crippen LogP contribution in [-0.2, 0) is 0 Å². The third-order valence-corrected chi connectivity index (χ3v) is 4.99. The number of rotatable bonds is 3. The maximum absolute atomic E-state index is 5.18. The molecule has 0 saturated heterocycles. The molecule has 0 saturated carbocycles. The molecule has 0 heterocycles. The van der Waals surface area contributed by atoms with Gasteiger partial charge < -0.3 is 9.47 Å². The van der Waals surface area contributed by atoms with Crippen LogP contribution >= 0.6 is 0 Å². The van der Waals surface area contributed by atoms with Crippen LogP contribution < -0.4 is 9.47 Å². The van der Waals surface area contributed by atoms with Gasteiger partial charge in [-0.15, -0.1) is 0 Å². The average molecular weight is 415 g/mol. The number of hydrogen-bond acceptors (Lipinski definition) is 2. The quantitative estimate of drug-likeness (QED) is 0.373. The first-order valence-corrected chi connectivity index (χ1v) is 10.3. The lowest BCUT2D eigenvalue weighted by Gasteiger charge is -2.02. The van der Waals surface area contributed by atoms with Crippen molar-refractivity contribution in [1.29, 1.82) is 0 Å². The van der Waals surface area contributed by atoms with E-state index in [1.54, 1.807) is 14.2 Å². The second-order valence-corrected chi connectivity index (χ2v) is 7.11. The number of methoxy groups -OCH3 is 2. The van der Waals surface area contributed by atoms with E-state index in [-0.39, 0.29) is 0 Å². The van der Waals surface area contributed by atoms with Crippen LogP contribution in [0.4, 0.5) is 0 Å². The summed E-state index contributed by atoms with van der Waals surface area (Å²) in [5.74, 6) is 14.4. The maximum atomic E-state index is 5.18. The first kappa shape index (κ1) is 20.9. The zero-order valence-corrected chi connectivity index (χ0v) is 18.1. The Bertz CT molecular complexity index is 1180. The van der Waals surface area contributed by atoms with E-state index in [0.717, 1.165) is 44.9 Å². The van der Waals surface area contributed by atoms with E-state index in [1.165, 1.54) is 0 Å². The first-order valence-electron chi connectivity index (χ1n) is 10.3. The Labute approximate surface area is 189 Å². The van der Waals surface area contributed by atoms with Crippen molar-refractivity contribution in [3.63, 3.8) is 0 Å². The summed E-state index contributed by atoms with van der Waals surface area (Å²) in [7, 11) is 3.32. The van der Waals surface area contributed by atoms with Gasteiger partial charge in [-0.25, -0.2) is 0 Å². The van der Waals surface area contributed by atoms with Crippen LogP contribution in [-0.4, -0.2) is 14.2 Å². The van der Waals surface area contributed by atoms with Crippen LogP contribution in [0, 0.1) is 23.7 Å². The molecule has 0 aliphatic rings. The molecule has 4 rings (SSSR count). The molecule has 32 heavy (non-hydrogen) atoms. The molecule has 154 valence electrons. The minimum atomic E-state index is 0.831. The van der Waals surface area contributed by atoms with E-state index >= 15 is 0 Å². The molecule has 2 nitrogen and oxygen atoms in total. The van der Waals surface area contributed by atoms with Gasteiger partial charge in [0.2, 0.25) is 0 Å². The minimum Gasteiger partial charge on any atom is -0.497 e. The molecule has 0 aromatic heterocycles. The van der Waals surface area contributed by atoms with E-state index in [9.17, 15) is 0 Å². The van der Waals surface area contributed by atoms with Crippen LogP contribution in [0.2, 0.25) is 0 Å². The van der Waals surface area contributed by atoms with Crippen molar-refractivity contribution in [3.05, 3.63) is 119 Å². The van der Waals surface area contributed by atoms with Gasteiger partial charge in [-0.2, -0.15) is 0 Å². The van der Waals surface area contributed by atoms with Crippen molar-refractivity contribution < 1.29 is 9.47 Å². The molecule has 0 N–H and O–H groups in total. The van der Waals surface area contributed by atoms with Gasteiger partial charge in [-0.05, 0) is 83.9 Å². The lowest BCUT2D eigenvalue weighted by Crippen LogP contribution is -1.83. The molecule has 4 aromatic carbocycles. The van der Waals surface area contributed by atoms with E-state index in [1.807, 2.05) is 72.8 Å². The monoisotopic (exact) mass is 414 g/mol. The molecular formula is C30H22O2. The Balaban J connectivity index is 1.43. The highest BCUT2D eigenvalue weighted by Gasteiger charge is 1.98.